The molecule has 0 heterocycles. The van der Waals surface area contributed by atoms with Gasteiger partial charge >= 0.3 is 0 Å². The van der Waals surface area contributed by atoms with Gasteiger partial charge in [-0.3, -0.25) is 4.55 Å². The SMILES string of the molecule is O=S(=O)(O)c1[c]c2ccccc2cc1. The van der Waals surface area contributed by atoms with E-state index >= 15 is 0 Å². The molecule has 0 amide bonds. The van der Waals surface area contributed by atoms with Crippen molar-refractivity contribution in [1.29, 1.82) is 0 Å². The molecule has 2 rings (SSSR count). The van der Waals surface area contributed by atoms with Crippen LogP contribution < -0.4 is 0 Å². The molecule has 0 spiro atoms. The lowest BCUT2D eigenvalue weighted by atomic mass is 10.1. The molecule has 3 nitrogen and oxygen atoms in total. The van der Waals surface area contributed by atoms with Crippen LogP contribution in [0.15, 0.2) is 41.3 Å². The van der Waals surface area contributed by atoms with Crippen molar-refractivity contribution in [3.8, 4) is 0 Å². The first kappa shape index (κ1) is 9.18. The third-order valence-electron chi connectivity index (χ3n) is 1.91. The standard InChI is InChI=1S/C10H7O3S/c11-14(12,13)10-6-5-8-3-1-2-4-9(8)7-10/h1-6H,(H,11,12,13). The fourth-order valence-electron chi connectivity index (χ4n) is 1.25. The minimum Gasteiger partial charge on any atom is -0.282 e. The summed E-state index contributed by atoms with van der Waals surface area (Å²) in [5, 5.41) is 1.56. The molecule has 0 aliphatic carbocycles. The van der Waals surface area contributed by atoms with Crippen molar-refractivity contribution in [3.63, 3.8) is 0 Å². The molecule has 0 fully saturated rings. The van der Waals surface area contributed by atoms with Crippen LogP contribution in [-0.2, 0) is 10.1 Å². The predicted molar refractivity (Wildman–Crippen MR) is 52.6 cm³/mol. The summed E-state index contributed by atoms with van der Waals surface area (Å²) in [6, 6.07) is 12.8. The fourth-order valence-corrected chi connectivity index (χ4v) is 1.73. The molecule has 4 heteroatoms. The molecular formula is C10H7O3S. The average molecular weight is 207 g/mol. The molecule has 0 unspecified atom stereocenters. The summed E-state index contributed by atoms with van der Waals surface area (Å²) < 4.78 is 30.4. The third kappa shape index (κ3) is 1.62. The van der Waals surface area contributed by atoms with Crippen LogP contribution in [0.4, 0.5) is 0 Å². The second kappa shape index (κ2) is 3.08. The molecule has 0 saturated carbocycles. The minimum atomic E-state index is -4.15. The van der Waals surface area contributed by atoms with Gasteiger partial charge in [0.1, 0.15) is 4.90 Å². The molecule has 1 N–H and O–H groups in total. The summed E-state index contributed by atoms with van der Waals surface area (Å²) in [4.78, 5) is -0.198. The van der Waals surface area contributed by atoms with Crippen molar-refractivity contribution in [2.75, 3.05) is 0 Å². The topological polar surface area (TPSA) is 54.4 Å². The maximum Gasteiger partial charge on any atom is 0.295 e. The summed E-state index contributed by atoms with van der Waals surface area (Å²) in [7, 11) is -4.15. The van der Waals surface area contributed by atoms with Crippen molar-refractivity contribution < 1.29 is 13.0 Å². The molecule has 2 aromatic rings. The molecule has 71 valence electrons. The number of benzene rings is 2. The number of hydrogen-bond donors (Lipinski definition) is 1. The van der Waals surface area contributed by atoms with E-state index in [4.69, 9.17) is 4.55 Å². The lowest BCUT2D eigenvalue weighted by Crippen LogP contribution is -1.97. The maximum absolute atomic E-state index is 10.8. The maximum atomic E-state index is 10.8. The van der Waals surface area contributed by atoms with Crippen molar-refractivity contribution in [2.45, 2.75) is 4.90 Å². The highest BCUT2D eigenvalue weighted by Crippen LogP contribution is 2.17. The van der Waals surface area contributed by atoms with E-state index in [2.05, 4.69) is 6.07 Å². The lowest BCUT2D eigenvalue weighted by Gasteiger charge is -1.99. The Balaban J connectivity index is 2.75. The van der Waals surface area contributed by atoms with Crippen LogP contribution in [-0.4, -0.2) is 13.0 Å². The van der Waals surface area contributed by atoms with Crippen LogP contribution in [0.3, 0.4) is 0 Å². The lowest BCUT2D eigenvalue weighted by molar-refractivity contribution is 0.483. The highest BCUT2D eigenvalue weighted by atomic mass is 32.2. The van der Waals surface area contributed by atoms with E-state index in [-0.39, 0.29) is 4.90 Å². The Morgan fingerprint density at radius 2 is 1.79 bits per heavy atom. The van der Waals surface area contributed by atoms with Crippen LogP contribution in [0.2, 0.25) is 0 Å². The van der Waals surface area contributed by atoms with Crippen LogP contribution >= 0.6 is 0 Å². The predicted octanol–water partition coefficient (Wildman–Crippen LogP) is 1.89. The van der Waals surface area contributed by atoms with Gasteiger partial charge in [0.2, 0.25) is 0 Å². The van der Waals surface area contributed by atoms with Gasteiger partial charge in [0.15, 0.2) is 0 Å². The Hall–Kier alpha value is -1.39. The molecule has 2 aromatic carbocycles. The van der Waals surface area contributed by atoms with Crippen molar-refractivity contribution in [1.82, 2.24) is 0 Å². The van der Waals surface area contributed by atoms with E-state index < -0.39 is 10.1 Å². The third-order valence-corrected chi connectivity index (χ3v) is 2.70. The average Bonchev–Trinajstić information content (AvgIpc) is 2.16. The number of fused-ring (bicyclic) bond motifs is 1. The number of rotatable bonds is 1. The van der Waals surface area contributed by atoms with Gasteiger partial charge in [-0.05, 0) is 16.8 Å². The normalized spacial score (nSPS) is 11.8. The van der Waals surface area contributed by atoms with Gasteiger partial charge in [-0.15, -0.1) is 0 Å². The Morgan fingerprint density at radius 3 is 2.50 bits per heavy atom. The molecule has 0 bridgehead atoms. The quantitative estimate of drug-likeness (QED) is 0.726. The van der Waals surface area contributed by atoms with Gasteiger partial charge in [0, 0.05) is 6.07 Å². The summed E-state index contributed by atoms with van der Waals surface area (Å²) in [5.41, 5.74) is 0. The van der Waals surface area contributed by atoms with Gasteiger partial charge in [-0.2, -0.15) is 8.42 Å². The monoisotopic (exact) mass is 207 g/mol. The Labute approximate surface area is 81.7 Å². The van der Waals surface area contributed by atoms with Crippen LogP contribution in [0.5, 0.6) is 0 Å². The van der Waals surface area contributed by atoms with Crippen LogP contribution in [0.1, 0.15) is 0 Å². The Bertz CT molecular complexity index is 573. The molecule has 0 atom stereocenters. The van der Waals surface area contributed by atoms with Crippen LogP contribution in [0, 0.1) is 6.07 Å². The first-order chi connectivity index (χ1) is 6.57. The van der Waals surface area contributed by atoms with Gasteiger partial charge in [-0.1, -0.05) is 30.3 Å². The van der Waals surface area contributed by atoms with E-state index in [9.17, 15) is 8.42 Å². The van der Waals surface area contributed by atoms with Crippen LogP contribution in [0.25, 0.3) is 10.8 Å². The summed E-state index contributed by atoms with van der Waals surface area (Å²) >= 11 is 0. The highest BCUT2D eigenvalue weighted by molar-refractivity contribution is 7.85. The second-order valence-electron chi connectivity index (χ2n) is 2.88. The van der Waals surface area contributed by atoms with E-state index in [1.165, 1.54) is 6.07 Å². The van der Waals surface area contributed by atoms with Crippen molar-refractivity contribution in [3.05, 3.63) is 42.5 Å². The first-order valence-corrected chi connectivity index (χ1v) is 5.40. The summed E-state index contributed by atoms with van der Waals surface area (Å²) in [6.45, 7) is 0. The number of hydrogen-bond acceptors (Lipinski definition) is 2. The highest BCUT2D eigenvalue weighted by Gasteiger charge is 2.09. The van der Waals surface area contributed by atoms with Gasteiger partial charge in [0.25, 0.3) is 10.1 Å². The van der Waals surface area contributed by atoms with E-state index in [1.54, 1.807) is 18.2 Å². The van der Waals surface area contributed by atoms with Gasteiger partial charge in [-0.25, -0.2) is 0 Å². The Morgan fingerprint density at radius 1 is 1.07 bits per heavy atom. The zero-order valence-electron chi connectivity index (χ0n) is 7.14. The van der Waals surface area contributed by atoms with E-state index in [0.29, 0.717) is 5.39 Å². The zero-order valence-corrected chi connectivity index (χ0v) is 7.95. The molecule has 14 heavy (non-hydrogen) atoms. The largest absolute Gasteiger partial charge is 0.295 e. The molecular weight excluding hydrogens is 200 g/mol. The van der Waals surface area contributed by atoms with Gasteiger partial charge in [0.05, 0.1) is 0 Å². The van der Waals surface area contributed by atoms with Crippen molar-refractivity contribution in [2.24, 2.45) is 0 Å². The smallest absolute Gasteiger partial charge is 0.282 e. The summed E-state index contributed by atoms with van der Waals surface area (Å²) in [6.07, 6.45) is 0. The van der Waals surface area contributed by atoms with Gasteiger partial charge < -0.3 is 0 Å². The van der Waals surface area contributed by atoms with Crippen molar-refractivity contribution >= 4 is 20.9 Å². The first-order valence-electron chi connectivity index (χ1n) is 3.96. The second-order valence-corrected chi connectivity index (χ2v) is 4.27. The van der Waals surface area contributed by atoms with E-state index in [1.807, 2.05) is 12.1 Å². The minimum absolute atomic E-state index is 0.198. The fraction of sp³-hybridized carbons (Fsp3) is 0. The molecule has 0 aliphatic rings. The molecule has 1 radical (unpaired) electrons. The summed E-state index contributed by atoms with van der Waals surface area (Å²) in [5.74, 6) is 0. The molecule has 0 saturated heterocycles. The van der Waals surface area contributed by atoms with E-state index in [0.717, 1.165) is 5.39 Å². The molecule has 0 aliphatic heterocycles. The zero-order chi connectivity index (χ0) is 10.2. The molecule has 0 aromatic heterocycles. The Kier molecular flexibility index (Phi) is 2.02.